The fourth-order valence-corrected chi connectivity index (χ4v) is 4.46. The van der Waals surface area contributed by atoms with Gasteiger partial charge in [-0.2, -0.15) is 0 Å². The quantitative estimate of drug-likeness (QED) is 0.366. The molecule has 0 bridgehead atoms. The Labute approximate surface area is 205 Å². The van der Waals surface area contributed by atoms with Gasteiger partial charge in [0.2, 0.25) is 0 Å². The third-order valence-electron chi connectivity index (χ3n) is 6.53. The van der Waals surface area contributed by atoms with Crippen molar-refractivity contribution in [2.45, 2.75) is 52.1 Å². The first-order chi connectivity index (χ1) is 16.1. The van der Waals surface area contributed by atoms with Crippen molar-refractivity contribution in [3.8, 4) is 11.1 Å². The molecule has 1 aliphatic carbocycles. The molecular formula is C28H29ClN2O3. The van der Waals surface area contributed by atoms with E-state index in [1.165, 1.54) is 0 Å². The normalized spacial score (nSPS) is 14.9. The Morgan fingerprint density at radius 3 is 2.21 bits per heavy atom. The summed E-state index contributed by atoms with van der Waals surface area (Å²) >= 11 is 6.17. The number of aryl methyl sites for hydroxylation is 3. The van der Waals surface area contributed by atoms with Crippen LogP contribution in [0.4, 0.5) is 5.69 Å². The Hall–Kier alpha value is -3.31. The fourth-order valence-electron chi connectivity index (χ4n) is 4.34. The van der Waals surface area contributed by atoms with E-state index in [1.54, 1.807) is 0 Å². The van der Waals surface area contributed by atoms with Gasteiger partial charge in [0.25, 0.3) is 5.91 Å². The standard InChI is InChI=1S/C28H29ClN2O3/c1-16-12-20(8-9-24(16)29)19(4)30-23-7-5-6-21(15-23)22-13-17(2)25(18(3)14-22)26(32)31-28(10-11-28)27(33)34/h5-9,12-15,19,30H,10-11H2,1-4H3,(H,31,32)(H,33,34). The Morgan fingerprint density at radius 1 is 0.941 bits per heavy atom. The Balaban J connectivity index is 1.55. The molecule has 0 radical (unpaired) electrons. The van der Waals surface area contributed by atoms with E-state index in [1.807, 2.05) is 63.2 Å². The SMILES string of the molecule is Cc1cc(C(C)Nc2cccc(-c3cc(C)c(C(=O)NC4(C(=O)O)CC4)c(C)c3)c2)ccc1Cl. The summed E-state index contributed by atoms with van der Waals surface area (Å²) < 4.78 is 0. The van der Waals surface area contributed by atoms with Gasteiger partial charge in [0, 0.05) is 22.3 Å². The minimum atomic E-state index is -1.10. The number of nitrogens with one attached hydrogen (secondary N) is 2. The van der Waals surface area contributed by atoms with Crippen LogP contribution in [0.15, 0.2) is 54.6 Å². The smallest absolute Gasteiger partial charge is 0.329 e. The maximum atomic E-state index is 12.9. The van der Waals surface area contributed by atoms with Crippen molar-refractivity contribution in [3.05, 3.63) is 87.4 Å². The van der Waals surface area contributed by atoms with E-state index in [2.05, 4.69) is 29.7 Å². The molecule has 6 heteroatoms. The highest BCUT2D eigenvalue weighted by molar-refractivity contribution is 6.31. The molecule has 0 aliphatic heterocycles. The highest BCUT2D eigenvalue weighted by Crippen LogP contribution is 2.36. The number of anilines is 1. The number of hydrogen-bond acceptors (Lipinski definition) is 3. The van der Waals surface area contributed by atoms with Crippen LogP contribution in [0, 0.1) is 20.8 Å². The summed E-state index contributed by atoms with van der Waals surface area (Å²) in [4.78, 5) is 24.3. The van der Waals surface area contributed by atoms with Gasteiger partial charge in [-0.3, -0.25) is 4.79 Å². The van der Waals surface area contributed by atoms with Gasteiger partial charge in [0.05, 0.1) is 0 Å². The van der Waals surface area contributed by atoms with Crippen molar-refractivity contribution in [3.63, 3.8) is 0 Å². The first-order valence-corrected chi connectivity index (χ1v) is 11.8. The molecule has 1 aliphatic rings. The first kappa shape index (κ1) is 23.8. The number of carboxylic acids is 1. The van der Waals surface area contributed by atoms with Crippen molar-refractivity contribution in [1.82, 2.24) is 5.32 Å². The van der Waals surface area contributed by atoms with Crippen molar-refractivity contribution in [2.24, 2.45) is 0 Å². The molecule has 0 spiro atoms. The molecule has 3 N–H and O–H groups in total. The lowest BCUT2D eigenvalue weighted by atomic mass is 9.94. The Bertz CT molecular complexity index is 1260. The average Bonchev–Trinajstić information content (AvgIpc) is 3.56. The number of amides is 1. The first-order valence-electron chi connectivity index (χ1n) is 11.4. The maximum Gasteiger partial charge on any atom is 0.329 e. The molecule has 0 saturated heterocycles. The lowest BCUT2D eigenvalue weighted by molar-refractivity contribution is -0.140. The number of halogens is 1. The topological polar surface area (TPSA) is 78.4 Å². The van der Waals surface area contributed by atoms with E-state index >= 15 is 0 Å². The highest BCUT2D eigenvalue weighted by Gasteiger charge is 2.51. The van der Waals surface area contributed by atoms with Crippen LogP contribution in [0.1, 0.15) is 58.4 Å². The van der Waals surface area contributed by atoms with Crippen molar-refractivity contribution >= 4 is 29.2 Å². The van der Waals surface area contributed by atoms with Crippen LogP contribution < -0.4 is 10.6 Å². The van der Waals surface area contributed by atoms with Crippen molar-refractivity contribution < 1.29 is 14.7 Å². The van der Waals surface area contributed by atoms with Crippen molar-refractivity contribution in [1.29, 1.82) is 0 Å². The summed E-state index contributed by atoms with van der Waals surface area (Å²) in [7, 11) is 0. The predicted octanol–water partition coefficient (Wildman–Crippen LogP) is 6.45. The van der Waals surface area contributed by atoms with Crippen LogP contribution in [0.5, 0.6) is 0 Å². The number of carboxylic acid groups (broad SMARTS) is 1. The van der Waals surface area contributed by atoms with Gasteiger partial charge in [-0.25, -0.2) is 4.79 Å². The summed E-state index contributed by atoms with van der Waals surface area (Å²) in [5, 5.41) is 16.4. The van der Waals surface area contributed by atoms with Crippen LogP contribution in [0.25, 0.3) is 11.1 Å². The molecule has 0 aromatic heterocycles. The summed E-state index contributed by atoms with van der Waals surface area (Å²) in [6.07, 6.45) is 0.941. The van der Waals surface area contributed by atoms with Gasteiger partial charge in [-0.15, -0.1) is 0 Å². The number of carbonyl (C=O) groups is 2. The summed E-state index contributed by atoms with van der Waals surface area (Å²) in [5.74, 6) is -1.30. The van der Waals surface area contributed by atoms with Crippen molar-refractivity contribution in [2.75, 3.05) is 5.32 Å². The Morgan fingerprint density at radius 2 is 1.62 bits per heavy atom. The number of benzene rings is 3. The van der Waals surface area contributed by atoms with E-state index < -0.39 is 11.5 Å². The molecular weight excluding hydrogens is 448 g/mol. The van der Waals surface area contributed by atoms with Crippen LogP contribution >= 0.6 is 11.6 Å². The highest BCUT2D eigenvalue weighted by atomic mass is 35.5. The van der Waals surface area contributed by atoms with Gasteiger partial charge in [0.15, 0.2) is 0 Å². The van der Waals surface area contributed by atoms with E-state index in [-0.39, 0.29) is 11.9 Å². The van der Waals surface area contributed by atoms with E-state index in [0.717, 1.165) is 44.1 Å². The molecule has 1 unspecified atom stereocenters. The molecule has 1 atom stereocenters. The lowest BCUT2D eigenvalue weighted by Crippen LogP contribution is -2.43. The molecule has 1 amide bonds. The minimum Gasteiger partial charge on any atom is -0.480 e. The van der Waals surface area contributed by atoms with E-state index in [4.69, 9.17) is 11.6 Å². The maximum absolute atomic E-state index is 12.9. The summed E-state index contributed by atoms with van der Waals surface area (Å²) in [6.45, 7) is 7.89. The van der Waals surface area contributed by atoms with Crippen LogP contribution in [-0.4, -0.2) is 22.5 Å². The molecule has 3 aromatic carbocycles. The second kappa shape index (κ2) is 9.15. The molecule has 1 fully saturated rings. The monoisotopic (exact) mass is 476 g/mol. The average molecular weight is 477 g/mol. The third kappa shape index (κ3) is 4.80. The largest absolute Gasteiger partial charge is 0.480 e. The van der Waals surface area contributed by atoms with Crippen LogP contribution in [-0.2, 0) is 4.79 Å². The zero-order valence-electron chi connectivity index (χ0n) is 19.8. The molecule has 5 nitrogen and oxygen atoms in total. The van der Waals surface area contributed by atoms with Crippen LogP contribution in [0.2, 0.25) is 5.02 Å². The number of hydrogen-bond donors (Lipinski definition) is 3. The molecule has 34 heavy (non-hydrogen) atoms. The summed E-state index contributed by atoms with van der Waals surface area (Å²) in [6, 6.07) is 18.3. The molecule has 0 heterocycles. The minimum absolute atomic E-state index is 0.102. The molecule has 1 saturated carbocycles. The number of rotatable bonds is 7. The van der Waals surface area contributed by atoms with Gasteiger partial charge in [0.1, 0.15) is 5.54 Å². The molecule has 176 valence electrons. The zero-order chi connectivity index (χ0) is 24.6. The zero-order valence-corrected chi connectivity index (χ0v) is 20.6. The summed E-state index contributed by atoms with van der Waals surface area (Å²) in [5.41, 5.74) is 6.31. The number of carbonyl (C=O) groups excluding carboxylic acids is 1. The molecule has 3 aromatic rings. The van der Waals surface area contributed by atoms with Crippen LogP contribution in [0.3, 0.4) is 0 Å². The second-order valence-corrected chi connectivity index (χ2v) is 9.69. The van der Waals surface area contributed by atoms with E-state index in [0.29, 0.717) is 18.4 Å². The van der Waals surface area contributed by atoms with Gasteiger partial charge >= 0.3 is 5.97 Å². The van der Waals surface area contributed by atoms with E-state index in [9.17, 15) is 14.7 Å². The molecule has 4 rings (SSSR count). The predicted molar refractivity (Wildman–Crippen MR) is 137 cm³/mol. The van der Waals surface area contributed by atoms with Gasteiger partial charge < -0.3 is 15.7 Å². The second-order valence-electron chi connectivity index (χ2n) is 9.28. The Kier molecular flexibility index (Phi) is 6.41. The third-order valence-corrected chi connectivity index (χ3v) is 6.96. The van der Waals surface area contributed by atoms with Gasteiger partial charge in [-0.1, -0.05) is 48.0 Å². The number of aliphatic carboxylic acids is 1. The van der Waals surface area contributed by atoms with Gasteiger partial charge in [-0.05, 0) is 92.1 Å². The fraction of sp³-hybridized carbons (Fsp3) is 0.286. The lowest BCUT2D eigenvalue weighted by Gasteiger charge is -2.18.